The Kier molecular flexibility index (Phi) is 6.66. The van der Waals surface area contributed by atoms with Crippen LogP contribution in [0.3, 0.4) is 0 Å². The smallest absolute Gasteiger partial charge is 0.407 e. The maximum absolute atomic E-state index is 11.9. The van der Waals surface area contributed by atoms with Gasteiger partial charge in [0.25, 0.3) is 0 Å². The first-order valence-corrected chi connectivity index (χ1v) is 12.6. The molecule has 2 saturated heterocycles. The van der Waals surface area contributed by atoms with Crippen LogP contribution in [0, 0.1) is 5.92 Å². The molecule has 1 atom stereocenters. The summed E-state index contributed by atoms with van der Waals surface area (Å²) in [5.74, 6) is 1.04. The van der Waals surface area contributed by atoms with Crippen molar-refractivity contribution in [2.45, 2.75) is 32.7 Å². The molecule has 0 saturated carbocycles. The minimum absolute atomic E-state index is 0.227. The SMILES string of the molecule is CC(C)(C)N(C[C@H]1CCN(c2nc(-c3ccc(N4CCOCC4)cc3)cc3nccnc23)C1)C(=O)O. The van der Waals surface area contributed by atoms with E-state index in [1.807, 2.05) is 26.8 Å². The number of anilines is 2. The van der Waals surface area contributed by atoms with E-state index in [-0.39, 0.29) is 5.92 Å². The average Bonchev–Trinajstić information content (AvgIpc) is 3.35. The summed E-state index contributed by atoms with van der Waals surface area (Å²) in [6, 6.07) is 10.5. The average molecular weight is 491 g/mol. The Hall–Kier alpha value is -3.46. The number of ether oxygens (including phenoxy) is 1. The van der Waals surface area contributed by atoms with Gasteiger partial charge in [0.05, 0.1) is 24.4 Å². The zero-order chi connectivity index (χ0) is 25.3. The number of morpholine rings is 1. The van der Waals surface area contributed by atoms with Gasteiger partial charge in [0.15, 0.2) is 5.82 Å². The Bertz CT molecular complexity index is 1220. The lowest BCUT2D eigenvalue weighted by molar-refractivity contribution is 0.0908. The highest BCUT2D eigenvalue weighted by Crippen LogP contribution is 2.32. The van der Waals surface area contributed by atoms with Crippen LogP contribution >= 0.6 is 0 Å². The normalized spacial score (nSPS) is 18.6. The van der Waals surface area contributed by atoms with E-state index in [9.17, 15) is 9.90 Å². The predicted octanol–water partition coefficient (Wildman–Crippen LogP) is 4.13. The number of carboxylic acid groups (broad SMARTS) is 1. The molecule has 3 aromatic rings. The standard InChI is InChI=1S/C27H34N6O3/c1-27(2,3)33(26(34)35)18-19-8-11-32(17-19)25-24-23(28-9-10-29-24)16-22(30-25)20-4-6-21(7-5-20)31-12-14-36-15-13-31/h4-7,9-10,16,19H,8,11-15,17-18H2,1-3H3,(H,34,35)/t19-/m0/s1. The van der Waals surface area contributed by atoms with Crippen LogP contribution in [0.4, 0.5) is 16.3 Å². The summed E-state index contributed by atoms with van der Waals surface area (Å²) in [6.45, 7) is 11.2. The molecule has 9 heteroatoms. The van der Waals surface area contributed by atoms with E-state index in [1.54, 1.807) is 17.3 Å². The van der Waals surface area contributed by atoms with Crippen LogP contribution in [-0.4, -0.2) is 82.5 Å². The van der Waals surface area contributed by atoms with E-state index in [4.69, 9.17) is 9.72 Å². The molecule has 1 aromatic carbocycles. The summed E-state index contributed by atoms with van der Waals surface area (Å²) >= 11 is 0. The zero-order valence-corrected chi connectivity index (χ0v) is 21.2. The number of fused-ring (bicyclic) bond motifs is 1. The number of pyridine rings is 1. The summed E-state index contributed by atoms with van der Waals surface area (Å²) in [7, 11) is 0. The van der Waals surface area contributed by atoms with Gasteiger partial charge in [-0.1, -0.05) is 12.1 Å². The molecule has 2 aromatic heterocycles. The van der Waals surface area contributed by atoms with Crippen LogP contribution in [0.1, 0.15) is 27.2 Å². The molecule has 36 heavy (non-hydrogen) atoms. The lowest BCUT2D eigenvalue weighted by Gasteiger charge is -2.35. The number of nitrogens with zero attached hydrogens (tertiary/aromatic N) is 6. The second-order valence-electron chi connectivity index (χ2n) is 10.6. The van der Waals surface area contributed by atoms with Crippen molar-refractivity contribution in [3.05, 3.63) is 42.7 Å². The highest BCUT2D eigenvalue weighted by molar-refractivity contribution is 5.89. The fraction of sp³-hybridized carbons (Fsp3) is 0.481. The second-order valence-corrected chi connectivity index (χ2v) is 10.6. The van der Waals surface area contributed by atoms with Gasteiger partial charge in [-0.25, -0.2) is 14.8 Å². The molecule has 0 spiro atoms. The quantitative estimate of drug-likeness (QED) is 0.570. The van der Waals surface area contributed by atoms with Crippen molar-refractivity contribution in [3.63, 3.8) is 0 Å². The Morgan fingerprint density at radius 3 is 2.50 bits per heavy atom. The molecule has 1 N–H and O–H groups in total. The largest absolute Gasteiger partial charge is 0.465 e. The van der Waals surface area contributed by atoms with Crippen molar-refractivity contribution in [3.8, 4) is 11.3 Å². The van der Waals surface area contributed by atoms with Crippen LogP contribution in [0.5, 0.6) is 0 Å². The minimum Gasteiger partial charge on any atom is -0.465 e. The Labute approximate surface area is 211 Å². The van der Waals surface area contributed by atoms with Crippen molar-refractivity contribution in [1.29, 1.82) is 0 Å². The second kappa shape index (κ2) is 9.89. The molecule has 0 radical (unpaired) electrons. The fourth-order valence-corrected chi connectivity index (χ4v) is 5.06. The van der Waals surface area contributed by atoms with E-state index >= 15 is 0 Å². The zero-order valence-electron chi connectivity index (χ0n) is 21.2. The van der Waals surface area contributed by atoms with Gasteiger partial charge in [0.2, 0.25) is 0 Å². The molecule has 4 heterocycles. The third kappa shape index (κ3) is 5.06. The van der Waals surface area contributed by atoms with Crippen LogP contribution < -0.4 is 9.80 Å². The Balaban J connectivity index is 1.41. The molecular weight excluding hydrogens is 456 g/mol. The summed E-state index contributed by atoms with van der Waals surface area (Å²) in [6.07, 6.45) is 3.43. The third-order valence-corrected chi connectivity index (χ3v) is 7.04. The van der Waals surface area contributed by atoms with Crippen LogP contribution in [-0.2, 0) is 4.74 Å². The molecule has 2 fully saturated rings. The van der Waals surface area contributed by atoms with Gasteiger partial charge in [-0.3, -0.25) is 4.98 Å². The molecule has 0 bridgehead atoms. The van der Waals surface area contributed by atoms with Crippen LogP contribution in [0.25, 0.3) is 22.3 Å². The third-order valence-electron chi connectivity index (χ3n) is 7.04. The van der Waals surface area contributed by atoms with Crippen molar-refractivity contribution < 1.29 is 14.6 Å². The minimum atomic E-state index is -0.877. The number of benzene rings is 1. The van der Waals surface area contributed by atoms with E-state index < -0.39 is 11.6 Å². The van der Waals surface area contributed by atoms with E-state index in [0.717, 1.165) is 73.9 Å². The van der Waals surface area contributed by atoms with E-state index in [2.05, 4.69) is 44.0 Å². The number of carbonyl (C=O) groups is 1. The molecule has 2 aliphatic heterocycles. The Morgan fingerprint density at radius 1 is 1.08 bits per heavy atom. The number of hydrogen-bond acceptors (Lipinski definition) is 7. The van der Waals surface area contributed by atoms with Crippen LogP contribution in [0.2, 0.25) is 0 Å². The number of aromatic nitrogens is 3. The van der Waals surface area contributed by atoms with Gasteiger partial charge in [-0.15, -0.1) is 0 Å². The van der Waals surface area contributed by atoms with E-state index in [0.29, 0.717) is 6.54 Å². The van der Waals surface area contributed by atoms with Gasteiger partial charge in [0.1, 0.15) is 5.52 Å². The summed E-state index contributed by atoms with van der Waals surface area (Å²) in [5, 5.41) is 9.73. The lowest BCUT2D eigenvalue weighted by atomic mass is 10.0. The number of rotatable bonds is 5. The first kappa shape index (κ1) is 24.2. The topological polar surface area (TPSA) is 94.9 Å². The Morgan fingerprint density at radius 2 is 1.81 bits per heavy atom. The van der Waals surface area contributed by atoms with Crippen molar-refractivity contribution >= 4 is 28.6 Å². The predicted molar refractivity (Wildman–Crippen MR) is 141 cm³/mol. The molecule has 0 unspecified atom stereocenters. The van der Waals surface area contributed by atoms with Gasteiger partial charge in [-0.05, 0) is 51.3 Å². The van der Waals surface area contributed by atoms with Crippen molar-refractivity contribution in [2.24, 2.45) is 5.92 Å². The van der Waals surface area contributed by atoms with Crippen molar-refractivity contribution in [2.75, 3.05) is 55.7 Å². The first-order chi connectivity index (χ1) is 17.3. The molecular formula is C27H34N6O3. The molecule has 1 amide bonds. The van der Waals surface area contributed by atoms with E-state index in [1.165, 1.54) is 5.69 Å². The first-order valence-electron chi connectivity index (χ1n) is 12.6. The lowest BCUT2D eigenvalue weighted by Crippen LogP contribution is -2.47. The molecule has 190 valence electrons. The van der Waals surface area contributed by atoms with Gasteiger partial charge >= 0.3 is 6.09 Å². The fourth-order valence-electron chi connectivity index (χ4n) is 5.06. The number of hydrogen-bond donors (Lipinski definition) is 1. The van der Waals surface area contributed by atoms with Crippen LogP contribution in [0.15, 0.2) is 42.7 Å². The maximum Gasteiger partial charge on any atom is 0.407 e. The molecule has 2 aliphatic rings. The van der Waals surface area contributed by atoms with Gasteiger partial charge in [0, 0.05) is 61.9 Å². The highest BCUT2D eigenvalue weighted by atomic mass is 16.5. The van der Waals surface area contributed by atoms with Gasteiger partial charge in [-0.2, -0.15) is 0 Å². The highest BCUT2D eigenvalue weighted by Gasteiger charge is 2.33. The van der Waals surface area contributed by atoms with Gasteiger partial charge < -0.3 is 24.5 Å². The summed E-state index contributed by atoms with van der Waals surface area (Å²) < 4.78 is 5.47. The molecule has 5 rings (SSSR count). The monoisotopic (exact) mass is 490 g/mol. The number of amides is 1. The molecule has 9 nitrogen and oxygen atoms in total. The maximum atomic E-state index is 11.9. The molecule has 0 aliphatic carbocycles. The van der Waals surface area contributed by atoms with Crippen molar-refractivity contribution in [1.82, 2.24) is 19.9 Å². The summed E-state index contributed by atoms with van der Waals surface area (Å²) in [4.78, 5) is 32.2. The summed E-state index contributed by atoms with van der Waals surface area (Å²) in [5.41, 5.74) is 4.21.